The molecule has 0 atom stereocenters. The smallest absolute Gasteiger partial charge is 0.237 e. The van der Waals surface area contributed by atoms with Crippen molar-refractivity contribution in [2.45, 2.75) is 26.2 Å². The summed E-state index contributed by atoms with van der Waals surface area (Å²) >= 11 is 1.08. The molecule has 0 aromatic heterocycles. The van der Waals surface area contributed by atoms with Crippen LogP contribution in [0.5, 0.6) is 0 Å². The molecule has 3 N–H and O–H groups in total. The number of allylic oxidation sites excluding steroid dienone is 2. The summed E-state index contributed by atoms with van der Waals surface area (Å²) in [7, 11) is 0. The third-order valence-electron chi connectivity index (χ3n) is 2.33. The van der Waals surface area contributed by atoms with Crippen LogP contribution >= 0.6 is 11.8 Å². The van der Waals surface area contributed by atoms with E-state index < -0.39 is 0 Å². The fourth-order valence-electron chi connectivity index (χ4n) is 1.66. The second-order valence-corrected chi connectivity index (χ2v) is 4.40. The van der Waals surface area contributed by atoms with E-state index in [1.807, 2.05) is 6.92 Å². The molecule has 0 saturated carbocycles. The third-order valence-corrected chi connectivity index (χ3v) is 3.03. The van der Waals surface area contributed by atoms with Crippen LogP contribution in [0.25, 0.3) is 0 Å². The van der Waals surface area contributed by atoms with E-state index in [9.17, 15) is 4.79 Å². The van der Waals surface area contributed by atoms with Crippen molar-refractivity contribution in [3.8, 4) is 0 Å². The number of carbonyl (C=O) groups is 1. The molecule has 0 bridgehead atoms. The maximum absolute atomic E-state index is 11.8. The van der Waals surface area contributed by atoms with Crippen molar-refractivity contribution in [3.63, 3.8) is 0 Å². The molecule has 1 rings (SSSR count). The molecule has 0 aromatic rings. The Hall–Kier alpha value is -0.970. The van der Waals surface area contributed by atoms with Crippen molar-refractivity contribution >= 4 is 22.8 Å². The van der Waals surface area contributed by atoms with Crippen molar-refractivity contribution < 1.29 is 4.79 Å². The second kappa shape index (κ2) is 5.80. The highest BCUT2D eigenvalue weighted by molar-refractivity contribution is 8.14. The normalized spacial score (nSPS) is 14.9. The molecule has 0 spiro atoms. The number of amides is 1. The molecule has 84 valence electrons. The molecule has 4 nitrogen and oxygen atoms in total. The first-order valence-electron chi connectivity index (χ1n) is 5.11. The summed E-state index contributed by atoms with van der Waals surface area (Å²) in [5.41, 5.74) is 6.33. The zero-order valence-electron chi connectivity index (χ0n) is 8.95. The summed E-state index contributed by atoms with van der Waals surface area (Å²) in [4.78, 5) is 13.6. The number of thioether (sulfide) groups is 1. The van der Waals surface area contributed by atoms with Gasteiger partial charge in [0, 0.05) is 12.2 Å². The van der Waals surface area contributed by atoms with Gasteiger partial charge < -0.3 is 10.6 Å². The minimum Gasteiger partial charge on any atom is -0.379 e. The minimum absolute atomic E-state index is 0.000181. The Morgan fingerprint density at radius 1 is 1.73 bits per heavy atom. The predicted octanol–water partition coefficient (Wildman–Crippen LogP) is 1.53. The van der Waals surface area contributed by atoms with E-state index in [4.69, 9.17) is 11.1 Å². The minimum atomic E-state index is -0.000181. The van der Waals surface area contributed by atoms with E-state index >= 15 is 0 Å². The molecule has 1 aliphatic rings. The van der Waals surface area contributed by atoms with Crippen LogP contribution in [-0.4, -0.2) is 28.3 Å². The summed E-state index contributed by atoms with van der Waals surface area (Å²) in [6.45, 7) is 2.67. The van der Waals surface area contributed by atoms with E-state index in [1.54, 1.807) is 4.90 Å². The lowest BCUT2D eigenvalue weighted by Crippen LogP contribution is -2.31. The number of nitrogens with two attached hydrogens (primary N) is 1. The number of nitrogens with one attached hydrogen (secondary N) is 1. The highest BCUT2D eigenvalue weighted by atomic mass is 32.2. The van der Waals surface area contributed by atoms with Crippen LogP contribution in [0.1, 0.15) is 26.2 Å². The summed E-state index contributed by atoms with van der Waals surface area (Å²) in [5, 5.41) is 7.05. The van der Waals surface area contributed by atoms with Crippen molar-refractivity contribution in [1.82, 2.24) is 4.90 Å². The van der Waals surface area contributed by atoms with Gasteiger partial charge in [0.25, 0.3) is 0 Å². The maximum Gasteiger partial charge on any atom is 0.237 e. The molecule has 0 fully saturated rings. The highest BCUT2D eigenvalue weighted by Crippen LogP contribution is 2.21. The van der Waals surface area contributed by atoms with Crippen LogP contribution in [0.3, 0.4) is 0 Å². The Kier molecular flexibility index (Phi) is 4.68. The number of hydrogen-bond acceptors (Lipinski definition) is 3. The SMILES string of the molecule is CCN(C(=O)CSC(=N)N)C1=CCCC1. The van der Waals surface area contributed by atoms with E-state index in [1.165, 1.54) is 0 Å². The Labute approximate surface area is 94.4 Å². The summed E-state index contributed by atoms with van der Waals surface area (Å²) in [5.74, 6) is 0.311. The third kappa shape index (κ3) is 3.58. The number of nitrogens with zero attached hydrogens (tertiary/aromatic N) is 1. The zero-order chi connectivity index (χ0) is 11.3. The van der Waals surface area contributed by atoms with Gasteiger partial charge in [-0.2, -0.15) is 0 Å². The van der Waals surface area contributed by atoms with Crippen LogP contribution in [0.4, 0.5) is 0 Å². The molecule has 0 heterocycles. The van der Waals surface area contributed by atoms with Gasteiger partial charge in [0.05, 0.1) is 5.75 Å². The van der Waals surface area contributed by atoms with Crippen LogP contribution in [0.2, 0.25) is 0 Å². The maximum atomic E-state index is 11.8. The first-order chi connectivity index (χ1) is 7.15. The summed E-state index contributed by atoms with van der Waals surface area (Å²) in [6, 6.07) is 0. The largest absolute Gasteiger partial charge is 0.379 e. The van der Waals surface area contributed by atoms with E-state index in [-0.39, 0.29) is 16.8 Å². The molecule has 0 unspecified atom stereocenters. The lowest BCUT2D eigenvalue weighted by molar-refractivity contribution is -0.126. The zero-order valence-corrected chi connectivity index (χ0v) is 9.77. The Morgan fingerprint density at radius 3 is 2.93 bits per heavy atom. The second-order valence-electron chi connectivity index (χ2n) is 3.38. The molecule has 0 saturated heterocycles. The van der Waals surface area contributed by atoms with Gasteiger partial charge in [-0.25, -0.2) is 0 Å². The molecule has 5 heteroatoms. The first kappa shape index (κ1) is 12.1. The van der Waals surface area contributed by atoms with Crippen LogP contribution < -0.4 is 5.73 Å². The van der Waals surface area contributed by atoms with Gasteiger partial charge in [0.15, 0.2) is 5.17 Å². The molecule has 15 heavy (non-hydrogen) atoms. The number of rotatable bonds is 4. The molecule has 0 radical (unpaired) electrons. The fraction of sp³-hybridized carbons (Fsp3) is 0.600. The summed E-state index contributed by atoms with van der Waals surface area (Å²) in [6.07, 6.45) is 5.32. The average molecular weight is 227 g/mol. The van der Waals surface area contributed by atoms with Gasteiger partial charge >= 0.3 is 0 Å². The molecule has 1 aliphatic carbocycles. The average Bonchev–Trinajstić information content (AvgIpc) is 2.69. The molecule has 1 amide bonds. The van der Waals surface area contributed by atoms with Gasteiger partial charge in [-0.1, -0.05) is 17.8 Å². The van der Waals surface area contributed by atoms with Crippen molar-refractivity contribution in [1.29, 1.82) is 5.41 Å². The first-order valence-corrected chi connectivity index (χ1v) is 6.10. The fourth-order valence-corrected chi connectivity index (χ4v) is 2.09. The monoisotopic (exact) mass is 227 g/mol. The Balaban J connectivity index is 2.50. The van der Waals surface area contributed by atoms with Gasteiger partial charge in [0.1, 0.15) is 0 Å². The van der Waals surface area contributed by atoms with Crippen LogP contribution in [0.15, 0.2) is 11.8 Å². The molecule has 0 aromatic carbocycles. The van der Waals surface area contributed by atoms with Crippen molar-refractivity contribution in [2.75, 3.05) is 12.3 Å². The van der Waals surface area contributed by atoms with Gasteiger partial charge in [-0.15, -0.1) is 0 Å². The molecule has 0 aliphatic heterocycles. The number of hydrogen-bond donors (Lipinski definition) is 2. The Morgan fingerprint density at radius 2 is 2.47 bits per heavy atom. The van der Waals surface area contributed by atoms with Gasteiger partial charge in [0.2, 0.25) is 5.91 Å². The lowest BCUT2D eigenvalue weighted by Gasteiger charge is -2.21. The van der Waals surface area contributed by atoms with E-state index in [0.29, 0.717) is 6.54 Å². The molecular weight excluding hydrogens is 210 g/mol. The van der Waals surface area contributed by atoms with Gasteiger partial charge in [-0.05, 0) is 26.2 Å². The topological polar surface area (TPSA) is 70.2 Å². The lowest BCUT2D eigenvalue weighted by atomic mass is 10.3. The standard InChI is InChI=1S/C10H17N3OS/c1-2-13(8-5-3-4-6-8)9(14)7-15-10(11)12/h5H,2-4,6-7H2,1H3,(H3,11,12). The Bertz CT molecular complexity index is 288. The van der Waals surface area contributed by atoms with Crippen molar-refractivity contribution in [3.05, 3.63) is 11.8 Å². The van der Waals surface area contributed by atoms with Crippen molar-refractivity contribution in [2.24, 2.45) is 5.73 Å². The van der Waals surface area contributed by atoms with E-state index in [0.717, 1.165) is 36.7 Å². The van der Waals surface area contributed by atoms with Crippen LogP contribution in [0, 0.1) is 5.41 Å². The number of carbonyl (C=O) groups excluding carboxylic acids is 1. The predicted molar refractivity (Wildman–Crippen MR) is 63.7 cm³/mol. The van der Waals surface area contributed by atoms with Crippen LogP contribution in [-0.2, 0) is 4.79 Å². The highest BCUT2D eigenvalue weighted by Gasteiger charge is 2.18. The number of amidine groups is 1. The quantitative estimate of drug-likeness (QED) is 0.565. The molecular formula is C10H17N3OS. The van der Waals surface area contributed by atoms with Gasteiger partial charge in [-0.3, -0.25) is 10.2 Å². The summed E-state index contributed by atoms with van der Waals surface area (Å²) < 4.78 is 0. The van der Waals surface area contributed by atoms with E-state index in [2.05, 4.69) is 6.08 Å².